The van der Waals surface area contributed by atoms with E-state index in [9.17, 15) is 0 Å². The first kappa shape index (κ1) is 15.3. The molecule has 0 aliphatic rings. The maximum atomic E-state index is 9.15. The van der Waals surface area contributed by atoms with E-state index in [1.54, 1.807) is 11.3 Å². The molecule has 0 bridgehead atoms. The van der Waals surface area contributed by atoms with Gasteiger partial charge in [0.15, 0.2) is 0 Å². The molecule has 0 aliphatic carbocycles. The van der Waals surface area contributed by atoms with E-state index in [1.165, 1.54) is 26.8 Å². The molecule has 0 fully saturated rings. The zero-order valence-corrected chi connectivity index (χ0v) is 14.1. The number of thiophene rings is 1. The Morgan fingerprint density at radius 2 is 1.83 bits per heavy atom. The highest BCUT2D eigenvalue weighted by Crippen LogP contribution is 2.32. The monoisotopic (exact) mass is 315 g/mol. The Balaban J connectivity index is 1.99. The molecule has 0 radical (unpaired) electrons. The van der Waals surface area contributed by atoms with Crippen LogP contribution in [-0.2, 0) is 0 Å². The molecule has 1 aromatic heterocycles. The molecule has 2 heteroatoms. The highest BCUT2D eigenvalue weighted by molar-refractivity contribution is 7.16. The number of benzene rings is 2. The van der Waals surface area contributed by atoms with Gasteiger partial charge in [-0.2, -0.15) is 5.26 Å². The van der Waals surface area contributed by atoms with Crippen LogP contribution in [-0.4, -0.2) is 0 Å². The summed E-state index contributed by atoms with van der Waals surface area (Å²) in [4.78, 5) is 2.28. The normalized spacial score (nSPS) is 11.4. The van der Waals surface area contributed by atoms with Crippen LogP contribution in [0.3, 0.4) is 0 Å². The smallest absolute Gasteiger partial charge is 0.0994 e. The average Bonchev–Trinajstić information content (AvgIpc) is 3.00. The van der Waals surface area contributed by atoms with Crippen molar-refractivity contribution in [1.82, 2.24) is 0 Å². The molecule has 0 amide bonds. The molecule has 0 aliphatic heterocycles. The highest BCUT2D eigenvalue weighted by atomic mass is 32.1. The number of fused-ring (bicyclic) bond motifs is 1. The Bertz CT molecular complexity index is 967. The van der Waals surface area contributed by atoms with Crippen molar-refractivity contribution in [2.24, 2.45) is 0 Å². The lowest BCUT2D eigenvalue weighted by Crippen LogP contribution is -1.78. The van der Waals surface area contributed by atoms with Crippen LogP contribution in [0.1, 0.15) is 17.4 Å². The number of rotatable bonds is 3. The quantitative estimate of drug-likeness (QED) is 0.407. The van der Waals surface area contributed by atoms with Crippen LogP contribution < -0.4 is 0 Å². The minimum Gasteiger partial charge on any atom is -0.192 e. The summed E-state index contributed by atoms with van der Waals surface area (Å²) in [5.41, 5.74) is 3.91. The molecule has 112 valence electrons. The van der Waals surface area contributed by atoms with Crippen molar-refractivity contribution < 1.29 is 0 Å². The van der Waals surface area contributed by atoms with Crippen molar-refractivity contribution in [2.75, 3.05) is 0 Å². The third kappa shape index (κ3) is 3.26. The van der Waals surface area contributed by atoms with Crippen LogP contribution in [0.15, 0.2) is 66.3 Å². The van der Waals surface area contributed by atoms with Crippen molar-refractivity contribution >= 4 is 28.2 Å². The molecule has 2 aromatic carbocycles. The number of nitrogens with zero attached hydrogens (tertiary/aromatic N) is 1. The number of hydrogen-bond acceptors (Lipinski definition) is 2. The minimum atomic E-state index is 0.632. The van der Waals surface area contributed by atoms with Gasteiger partial charge in [-0.25, -0.2) is 0 Å². The van der Waals surface area contributed by atoms with Crippen molar-refractivity contribution in [1.29, 1.82) is 5.26 Å². The molecule has 3 aromatic rings. The van der Waals surface area contributed by atoms with E-state index in [-0.39, 0.29) is 0 Å². The Kier molecular flexibility index (Phi) is 4.14. The predicted octanol–water partition coefficient (Wildman–Crippen LogP) is 6.36. The average molecular weight is 315 g/mol. The van der Waals surface area contributed by atoms with Gasteiger partial charge < -0.3 is 0 Å². The maximum absolute atomic E-state index is 9.15. The van der Waals surface area contributed by atoms with Gasteiger partial charge in [0, 0.05) is 9.75 Å². The first-order valence-electron chi connectivity index (χ1n) is 7.45. The lowest BCUT2D eigenvalue weighted by atomic mass is 10.0. The van der Waals surface area contributed by atoms with Gasteiger partial charge >= 0.3 is 0 Å². The standard InChI is InChI=1S/C21H17NS/c1-14(2)19(13-22)12-20-8-9-21(23-20)18-7-6-16-10-15(3)4-5-17(16)11-18/h4-12H,1H2,2-3H3/b19-12+. The number of allylic oxidation sites excluding steroid dienone is 2. The lowest BCUT2D eigenvalue weighted by Gasteiger charge is -2.03. The Morgan fingerprint density at radius 1 is 1.09 bits per heavy atom. The largest absolute Gasteiger partial charge is 0.192 e. The summed E-state index contributed by atoms with van der Waals surface area (Å²) in [6, 6.07) is 19.4. The molecule has 1 heterocycles. The van der Waals surface area contributed by atoms with Crippen molar-refractivity contribution in [3.63, 3.8) is 0 Å². The van der Waals surface area contributed by atoms with Gasteiger partial charge in [-0.15, -0.1) is 11.3 Å². The molecule has 0 saturated carbocycles. The van der Waals surface area contributed by atoms with Gasteiger partial charge in [-0.1, -0.05) is 42.5 Å². The van der Waals surface area contributed by atoms with Gasteiger partial charge in [0.05, 0.1) is 11.6 Å². The van der Waals surface area contributed by atoms with E-state index >= 15 is 0 Å². The fourth-order valence-corrected chi connectivity index (χ4v) is 3.44. The number of nitriles is 1. The van der Waals surface area contributed by atoms with E-state index in [0.717, 1.165) is 10.5 Å². The molecule has 1 nitrogen and oxygen atoms in total. The summed E-state index contributed by atoms with van der Waals surface area (Å²) in [7, 11) is 0. The molecule has 0 unspecified atom stereocenters. The maximum Gasteiger partial charge on any atom is 0.0994 e. The van der Waals surface area contributed by atoms with Gasteiger partial charge in [-0.05, 0) is 60.0 Å². The second kappa shape index (κ2) is 6.24. The summed E-state index contributed by atoms with van der Waals surface area (Å²) >= 11 is 1.69. The summed E-state index contributed by atoms with van der Waals surface area (Å²) in [5.74, 6) is 0. The fraction of sp³-hybridized carbons (Fsp3) is 0.0952. The first-order valence-corrected chi connectivity index (χ1v) is 8.27. The lowest BCUT2D eigenvalue weighted by molar-refractivity contribution is 1.43. The molecular formula is C21H17NS. The molecule has 23 heavy (non-hydrogen) atoms. The third-order valence-electron chi connectivity index (χ3n) is 3.77. The Labute approximate surface area is 140 Å². The van der Waals surface area contributed by atoms with Crippen molar-refractivity contribution in [3.8, 4) is 16.5 Å². The summed E-state index contributed by atoms with van der Waals surface area (Å²) in [5, 5.41) is 11.7. The van der Waals surface area contributed by atoms with Crippen LogP contribution in [0.2, 0.25) is 0 Å². The zero-order chi connectivity index (χ0) is 16.4. The Morgan fingerprint density at radius 3 is 2.57 bits per heavy atom. The molecule has 0 atom stereocenters. The summed E-state index contributed by atoms with van der Waals surface area (Å²) in [6.07, 6.45) is 1.90. The second-order valence-corrected chi connectivity index (χ2v) is 6.83. The number of hydrogen-bond donors (Lipinski definition) is 0. The fourth-order valence-electron chi connectivity index (χ4n) is 2.50. The van der Waals surface area contributed by atoms with Crippen LogP contribution in [0, 0.1) is 18.3 Å². The van der Waals surface area contributed by atoms with Gasteiger partial charge in [0.1, 0.15) is 0 Å². The van der Waals surface area contributed by atoms with E-state index in [1.807, 2.05) is 13.0 Å². The molecule has 0 spiro atoms. The molecular weight excluding hydrogens is 298 g/mol. The van der Waals surface area contributed by atoms with Crippen LogP contribution >= 0.6 is 11.3 Å². The van der Waals surface area contributed by atoms with Gasteiger partial charge in [-0.3, -0.25) is 0 Å². The van der Waals surface area contributed by atoms with Gasteiger partial charge in [0.25, 0.3) is 0 Å². The van der Waals surface area contributed by atoms with Crippen LogP contribution in [0.5, 0.6) is 0 Å². The number of aryl methyl sites for hydroxylation is 1. The highest BCUT2D eigenvalue weighted by Gasteiger charge is 2.05. The van der Waals surface area contributed by atoms with Gasteiger partial charge in [0.2, 0.25) is 0 Å². The van der Waals surface area contributed by atoms with E-state index < -0.39 is 0 Å². The van der Waals surface area contributed by atoms with Crippen LogP contribution in [0.4, 0.5) is 0 Å². The SMILES string of the molecule is C=C(C)/C(C#N)=C/c1ccc(-c2ccc3cc(C)ccc3c2)s1. The zero-order valence-electron chi connectivity index (χ0n) is 13.3. The van der Waals surface area contributed by atoms with Crippen LogP contribution in [0.25, 0.3) is 27.3 Å². The summed E-state index contributed by atoms with van der Waals surface area (Å²) in [6.45, 7) is 7.81. The van der Waals surface area contributed by atoms with E-state index in [2.05, 4.69) is 68.1 Å². The molecule has 3 rings (SSSR count). The van der Waals surface area contributed by atoms with E-state index in [0.29, 0.717) is 5.57 Å². The molecule has 0 N–H and O–H groups in total. The second-order valence-electron chi connectivity index (χ2n) is 5.72. The van der Waals surface area contributed by atoms with E-state index in [4.69, 9.17) is 5.26 Å². The van der Waals surface area contributed by atoms with Crippen molar-refractivity contribution in [2.45, 2.75) is 13.8 Å². The third-order valence-corrected chi connectivity index (χ3v) is 4.86. The topological polar surface area (TPSA) is 23.8 Å². The minimum absolute atomic E-state index is 0.632. The summed E-state index contributed by atoms with van der Waals surface area (Å²) < 4.78 is 0. The van der Waals surface area contributed by atoms with Crippen molar-refractivity contribution in [3.05, 3.63) is 76.7 Å². The molecule has 0 saturated heterocycles. The Hall–Kier alpha value is -2.63. The predicted molar refractivity (Wildman–Crippen MR) is 100 cm³/mol. The first-order chi connectivity index (χ1) is 11.1.